The number of pyridine rings is 1. The number of carbonyl (C=O) groups excluding carboxylic acids is 1. The Labute approximate surface area is 168 Å². The predicted molar refractivity (Wildman–Crippen MR) is 114 cm³/mol. The van der Waals surface area contributed by atoms with Gasteiger partial charge < -0.3 is 10.2 Å². The summed E-state index contributed by atoms with van der Waals surface area (Å²) in [6.45, 7) is 1.79. The number of hydrogen-bond donors (Lipinski definition) is 1. The monoisotopic (exact) mass is 390 g/mol. The van der Waals surface area contributed by atoms with Gasteiger partial charge in [-0.25, -0.2) is 4.98 Å². The Morgan fingerprint density at radius 3 is 2.71 bits per heavy atom. The maximum Gasteiger partial charge on any atom is 0.244 e. The molecule has 4 rings (SSSR count). The van der Waals surface area contributed by atoms with E-state index in [0.717, 1.165) is 47.9 Å². The number of nitrogens with one attached hydrogen (secondary N) is 1. The molecule has 28 heavy (non-hydrogen) atoms. The number of hydrogen-bond acceptors (Lipinski definition) is 5. The summed E-state index contributed by atoms with van der Waals surface area (Å²) in [5, 5.41) is 6.23. The number of amides is 1. The number of nitrogens with zero attached hydrogens (tertiary/aromatic N) is 3. The third kappa shape index (κ3) is 4.64. The van der Waals surface area contributed by atoms with Gasteiger partial charge in [0, 0.05) is 48.5 Å². The molecule has 5 nitrogen and oxygen atoms in total. The highest BCUT2D eigenvalue weighted by Gasteiger charge is 2.22. The molecule has 1 aromatic carbocycles. The fourth-order valence-electron chi connectivity index (χ4n) is 3.26. The van der Waals surface area contributed by atoms with Crippen molar-refractivity contribution in [3.63, 3.8) is 0 Å². The van der Waals surface area contributed by atoms with Gasteiger partial charge in [0.2, 0.25) is 5.91 Å². The number of piperidine rings is 1. The fourth-order valence-corrected chi connectivity index (χ4v) is 4.15. The Morgan fingerprint density at radius 1 is 1.14 bits per heavy atom. The summed E-state index contributed by atoms with van der Waals surface area (Å²) in [5.41, 5.74) is 3.03. The van der Waals surface area contributed by atoms with E-state index in [1.165, 1.54) is 0 Å². The molecule has 0 bridgehead atoms. The minimum Gasteiger partial charge on any atom is -0.350 e. The summed E-state index contributed by atoms with van der Waals surface area (Å²) in [4.78, 5) is 23.4. The van der Waals surface area contributed by atoms with Crippen molar-refractivity contribution in [3.05, 3.63) is 71.9 Å². The average molecular weight is 391 g/mol. The largest absolute Gasteiger partial charge is 0.350 e. The summed E-state index contributed by atoms with van der Waals surface area (Å²) in [6, 6.07) is 14.0. The van der Waals surface area contributed by atoms with Crippen LogP contribution in [0.3, 0.4) is 0 Å². The van der Waals surface area contributed by atoms with Crippen molar-refractivity contribution in [2.24, 2.45) is 0 Å². The van der Waals surface area contributed by atoms with Crippen molar-refractivity contribution in [3.8, 4) is 11.3 Å². The van der Waals surface area contributed by atoms with Crippen LogP contribution in [0.1, 0.15) is 18.4 Å². The summed E-state index contributed by atoms with van der Waals surface area (Å²) in [6.07, 6.45) is 8.91. The Morgan fingerprint density at radius 2 is 1.96 bits per heavy atom. The molecule has 6 heteroatoms. The van der Waals surface area contributed by atoms with Crippen LogP contribution in [0.25, 0.3) is 17.3 Å². The molecule has 1 aliphatic rings. The number of rotatable bonds is 5. The van der Waals surface area contributed by atoms with Crippen LogP contribution in [0.4, 0.5) is 5.13 Å². The van der Waals surface area contributed by atoms with Crippen LogP contribution in [0.5, 0.6) is 0 Å². The van der Waals surface area contributed by atoms with E-state index >= 15 is 0 Å². The highest BCUT2D eigenvalue weighted by molar-refractivity contribution is 7.14. The zero-order chi connectivity index (χ0) is 19.2. The lowest BCUT2D eigenvalue weighted by Gasteiger charge is -2.31. The Kier molecular flexibility index (Phi) is 5.77. The zero-order valence-corrected chi connectivity index (χ0v) is 16.3. The van der Waals surface area contributed by atoms with E-state index in [2.05, 4.69) is 20.6 Å². The van der Waals surface area contributed by atoms with Crippen LogP contribution >= 0.6 is 11.3 Å². The van der Waals surface area contributed by atoms with Gasteiger partial charge in [0.05, 0.1) is 5.69 Å². The second kappa shape index (κ2) is 8.80. The van der Waals surface area contributed by atoms with Crippen LogP contribution in [-0.4, -0.2) is 35.0 Å². The highest BCUT2D eigenvalue weighted by Crippen LogP contribution is 2.28. The summed E-state index contributed by atoms with van der Waals surface area (Å²) >= 11 is 1.66. The topological polar surface area (TPSA) is 58.1 Å². The van der Waals surface area contributed by atoms with Gasteiger partial charge >= 0.3 is 0 Å². The normalized spacial score (nSPS) is 15.1. The summed E-state index contributed by atoms with van der Waals surface area (Å²) in [5.74, 6) is -0.0320. The number of aromatic nitrogens is 2. The molecule has 0 spiro atoms. The van der Waals surface area contributed by atoms with Crippen LogP contribution in [0, 0.1) is 0 Å². The molecule has 1 aliphatic heterocycles. The zero-order valence-electron chi connectivity index (χ0n) is 15.5. The van der Waals surface area contributed by atoms with Gasteiger partial charge in [0.25, 0.3) is 0 Å². The quantitative estimate of drug-likeness (QED) is 0.669. The molecule has 0 atom stereocenters. The predicted octanol–water partition coefficient (Wildman–Crippen LogP) is 4.00. The molecular weight excluding hydrogens is 368 g/mol. The number of thiazole rings is 1. The minimum absolute atomic E-state index is 0.0320. The maximum absolute atomic E-state index is 12.2. The van der Waals surface area contributed by atoms with E-state index in [1.807, 2.05) is 54.7 Å². The second-order valence-electron chi connectivity index (χ2n) is 6.77. The average Bonchev–Trinajstić information content (AvgIpc) is 3.25. The van der Waals surface area contributed by atoms with Gasteiger partial charge in [0.15, 0.2) is 5.13 Å². The number of anilines is 1. The second-order valence-corrected chi connectivity index (χ2v) is 7.61. The van der Waals surface area contributed by atoms with E-state index in [-0.39, 0.29) is 11.9 Å². The van der Waals surface area contributed by atoms with Crippen molar-refractivity contribution in [2.45, 2.75) is 18.9 Å². The van der Waals surface area contributed by atoms with E-state index in [0.29, 0.717) is 0 Å². The van der Waals surface area contributed by atoms with Gasteiger partial charge in [-0.1, -0.05) is 30.3 Å². The lowest BCUT2D eigenvalue weighted by Crippen LogP contribution is -2.44. The molecule has 1 N–H and O–H groups in total. The Balaban J connectivity index is 1.28. The van der Waals surface area contributed by atoms with Crippen LogP contribution in [0.15, 0.2) is 66.3 Å². The molecule has 1 fully saturated rings. The van der Waals surface area contributed by atoms with Gasteiger partial charge in [-0.05, 0) is 36.6 Å². The fraction of sp³-hybridized carbons (Fsp3) is 0.227. The molecule has 142 valence electrons. The molecule has 1 amide bonds. The SMILES string of the molecule is O=C(/C=C/c1ccccc1)NC1CCN(c2nc(-c3cccnc3)cs2)CC1. The van der Waals surface area contributed by atoms with Crippen molar-refractivity contribution in [1.29, 1.82) is 0 Å². The summed E-state index contributed by atoms with van der Waals surface area (Å²) in [7, 11) is 0. The molecule has 3 aromatic rings. The maximum atomic E-state index is 12.2. The van der Waals surface area contributed by atoms with Crippen LogP contribution in [-0.2, 0) is 4.79 Å². The minimum atomic E-state index is -0.0320. The molecule has 2 aromatic heterocycles. The molecule has 3 heterocycles. The third-order valence-electron chi connectivity index (χ3n) is 4.79. The van der Waals surface area contributed by atoms with Gasteiger partial charge in [-0.2, -0.15) is 0 Å². The molecular formula is C22H22N4OS. The Hall–Kier alpha value is -2.99. The first-order valence-corrected chi connectivity index (χ1v) is 10.3. The standard InChI is InChI=1S/C22H22N4OS/c27-21(9-8-17-5-2-1-3-6-17)24-19-10-13-26(14-11-19)22-25-20(16-28-22)18-7-4-12-23-15-18/h1-9,12,15-16,19H,10-11,13-14H2,(H,24,27)/b9-8+. The van der Waals surface area contributed by atoms with Gasteiger partial charge in [-0.15, -0.1) is 11.3 Å². The van der Waals surface area contributed by atoms with Crippen LogP contribution < -0.4 is 10.2 Å². The molecule has 0 radical (unpaired) electrons. The number of carbonyl (C=O) groups is 1. The first-order chi connectivity index (χ1) is 13.8. The number of benzene rings is 1. The first kappa shape index (κ1) is 18.4. The van der Waals surface area contributed by atoms with Crippen molar-refractivity contribution >= 4 is 28.5 Å². The van der Waals surface area contributed by atoms with Crippen LogP contribution in [0.2, 0.25) is 0 Å². The molecule has 1 saturated heterocycles. The van der Waals surface area contributed by atoms with E-state index < -0.39 is 0 Å². The Bertz CT molecular complexity index is 931. The van der Waals surface area contributed by atoms with Crippen molar-refractivity contribution in [1.82, 2.24) is 15.3 Å². The van der Waals surface area contributed by atoms with E-state index in [1.54, 1.807) is 23.6 Å². The van der Waals surface area contributed by atoms with Gasteiger partial charge in [-0.3, -0.25) is 9.78 Å². The lowest BCUT2D eigenvalue weighted by molar-refractivity contribution is -0.117. The van der Waals surface area contributed by atoms with E-state index in [4.69, 9.17) is 4.98 Å². The third-order valence-corrected chi connectivity index (χ3v) is 5.69. The summed E-state index contributed by atoms with van der Waals surface area (Å²) < 4.78 is 0. The molecule has 0 aliphatic carbocycles. The molecule has 0 saturated carbocycles. The smallest absolute Gasteiger partial charge is 0.244 e. The van der Waals surface area contributed by atoms with Gasteiger partial charge in [0.1, 0.15) is 0 Å². The van der Waals surface area contributed by atoms with E-state index in [9.17, 15) is 4.79 Å². The highest BCUT2D eigenvalue weighted by atomic mass is 32.1. The van der Waals surface area contributed by atoms with Crippen molar-refractivity contribution < 1.29 is 4.79 Å². The lowest BCUT2D eigenvalue weighted by atomic mass is 10.1. The molecule has 0 unspecified atom stereocenters. The first-order valence-electron chi connectivity index (χ1n) is 9.42. The van der Waals surface area contributed by atoms with Crippen molar-refractivity contribution in [2.75, 3.05) is 18.0 Å².